The highest BCUT2D eigenvalue weighted by atomic mass is 19.1. The van der Waals surface area contributed by atoms with Gasteiger partial charge in [-0.3, -0.25) is 4.90 Å². The van der Waals surface area contributed by atoms with Crippen molar-refractivity contribution in [2.75, 3.05) is 6.54 Å². The third-order valence-corrected chi connectivity index (χ3v) is 7.13. The van der Waals surface area contributed by atoms with Gasteiger partial charge in [0, 0.05) is 24.2 Å². The zero-order valence-corrected chi connectivity index (χ0v) is 20.0. The number of benzene rings is 1. The average Bonchev–Trinajstić information content (AvgIpc) is 3.28. The molecule has 198 valence electrons. The second kappa shape index (κ2) is 10.1. The van der Waals surface area contributed by atoms with Crippen molar-refractivity contribution in [3.05, 3.63) is 62.4 Å². The van der Waals surface area contributed by atoms with E-state index in [0.29, 0.717) is 23.0 Å². The fourth-order valence-corrected chi connectivity index (χ4v) is 5.38. The minimum absolute atomic E-state index is 0.00250. The van der Waals surface area contributed by atoms with Gasteiger partial charge in [0.25, 0.3) is 0 Å². The number of fused-ring (bicyclic) bond motifs is 2. The molecule has 13 heteroatoms. The highest BCUT2D eigenvalue weighted by molar-refractivity contribution is 6.30. The zero-order valence-electron chi connectivity index (χ0n) is 20.0. The number of nitrogens with zero attached hydrogens (tertiary/aromatic N) is 4. The van der Waals surface area contributed by atoms with Gasteiger partial charge in [-0.2, -0.15) is 4.98 Å². The van der Waals surface area contributed by atoms with Crippen molar-refractivity contribution in [3.8, 4) is 0 Å². The van der Waals surface area contributed by atoms with Crippen LogP contribution in [0.3, 0.4) is 0 Å². The average molecular weight is 520 g/mol. The van der Waals surface area contributed by atoms with E-state index >= 15 is 4.39 Å². The van der Waals surface area contributed by atoms with Gasteiger partial charge in [-0.1, -0.05) is 18.2 Å². The summed E-state index contributed by atoms with van der Waals surface area (Å²) in [7, 11) is 0. The summed E-state index contributed by atoms with van der Waals surface area (Å²) < 4.78 is 45.8. The second-order valence-electron chi connectivity index (χ2n) is 9.50. The number of alkyl halides is 1. The quantitative estimate of drug-likeness (QED) is 0.370. The molecule has 4 heterocycles. The number of esters is 2. The van der Waals surface area contributed by atoms with Crippen molar-refractivity contribution < 1.29 is 32.6 Å². The molecule has 3 saturated heterocycles. The predicted octanol–water partition coefficient (Wildman–Crippen LogP) is 0.959. The van der Waals surface area contributed by atoms with Gasteiger partial charge in [0.15, 0.2) is 0 Å². The van der Waals surface area contributed by atoms with Gasteiger partial charge >= 0.3 is 29.7 Å². The Labute approximate surface area is 209 Å². The molecule has 1 aromatic heterocycles. The molecule has 3 unspecified atom stereocenters. The Morgan fingerprint density at radius 1 is 1.05 bits per heavy atom. The molecule has 37 heavy (non-hydrogen) atoms. The molecule has 3 atom stereocenters. The maximum atomic E-state index is 15.2. The standard InChI is InChI=1S/C24H26F2N4O7/c1-13-27-22(33)29(23(34)30(13)24-36-20(31)21(32)37-24)11-15(25)10-28-16-6-7-17(28)9-18(8-16)35-12-14-4-2-3-5-19(14)26/h2-5,15-18,24H,6-12H2,1H3. The normalized spacial score (nSPS) is 24.8. The van der Waals surface area contributed by atoms with Crippen molar-refractivity contribution in [1.29, 1.82) is 0 Å². The third kappa shape index (κ3) is 5.05. The van der Waals surface area contributed by atoms with Crippen LogP contribution in [0, 0.1) is 12.7 Å². The second-order valence-corrected chi connectivity index (χ2v) is 9.50. The first-order chi connectivity index (χ1) is 17.7. The Bertz CT molecular complexity index is 1300. The molecule has 3 fully saturated rings. The molecule has 0 aliphatic carbocycles. The minimum atomic E-state index is -1.70. The number of aromatic nitrogens is 3. The van der Waals surface area contributed by atoms with Crippen molar-refractivity contribution in [2.45, 2.75) is 76.5 Å². The summed E-state index contributed by atoms with van der Waals surface area (Å²) in [6, 6.07) is 6.60. The number of ether oxygens (including phenoxy) is 3. The van der Waals surface area contributed by atoms with Gasteiger partial charge in [-0.15, -0.1) is 0 Å². The van der Waals surface area contributed by atoms with Crippen LogP contribution in [0.4, 0.5) is 8.78 Å². The topological polar surface area (TPSA) is 122 Å². The number of carbonyl (C=O) groups excluding carboxylic acids is 2. The summed E-state index contributed by atoms with van der Waals surface area (Å²) in [6.07, 6.45) is -0.258. The van der Waals surface area contributed by atoms with E-state index in [4.69, 9.17) is 14.2 Å². The first-order valence-corrected chi connectivity index (χ1v) is 12.1. The fraction of sp³-hybridized carbons (Fsp3) is 0.542. The first-order valence-electron chi connectivity index (χ1n) is 12.1. The Balaban J connectivity index is 1.23. The summed E-state index contributed by atoms with van der Waals surface area (Å²) >= 11 is 0. The molecule has 3 aliphatic heterocycles. The summed E-state index contributed by atoms with van der Waals surface area (Å²) in [5.74, 6) is -3.03. The molecule has 0 amide bonds. The van der Waals surface area contributed by atoms with E-state index in [1.807, 2.05) is 4.90 Å². The smallest absolute Gasteiger partial charge is 0.397 e. The third-order valence-electron chi connectivity index (χ3n) is 7.13. The Morgan fingerprint density at radius 2 is 1.70 bits per heavy atom. The Kier molecular flexibility index (Phi) is 6.90. The maximum Gasteiger partial charge on any atom is 0.422 e. The summed E-state index contributed by atoms with van der Waals surface area (Å²) in [5, 5.41) is 0. The number of carbonyl (C=O) groups is 2. The molecule has 3 aliphatic rings. The van der Waals surface area contributed by atoms with Crippen LogP contribution in [0.15, 0.2) is 33.9 Å². The lowest BCUT2D eigenvalue weighted by atomic mass is 9.99. The molecule has 5 rings (SSSR count). The van der Waals surface area contributed by atoms with Crippen molar-refractivity contribution in [1.82, 2.24) is 19.0 Å². The largest absolute Gasteiger partial charge is 0.422 e. The zero-order chi connectivity index (χ0) is 26.3. The number of halogens is 2. The van der Waals surface area contributed by atoms with Crippen LogP contribution in [-0.4, -0.2) is 61.9 Å². The monoisotopic (exact) mass is 520 g/mol. The molecule has 1 aromatic carbocycles. The molecule has 0 saturated carbocycles. The minimum Gasteiger partial charge on any atom is -0.397 e. The van der Waals surface area contributed by atoms with E-state index in [-0.39, 0.29) is 43.0 Å². The van der Waals surface area contributed by atoms with Crippen molar-refractivity contribution >= 4 is 11.9 Å². The van der Waals surface area contributed by atoms with Gasteiger partial charge < -0.3 is 14.2 Å². The molecule has 0 N–H and O–H groups in total. The number of rotatable bonds is 8. The van der Waals surface area contributed by atoms with E-state index in [2.05, 4.69) is 4.98 Å². The van der Waals surface area contributed by atoms with Gasteiger partial charge in [0.2, 0.25) is 0 Å². The molecular formula is C24H26F2N4O7. The number of cyclic esters (lactones) is 2. The van der Waals surface area contributed by atoms with Crippen molar-refractivity contribution in [2.24, 2.45) is 0 Å². The number of hydrogen-bond acceptors (Lipinski definition) is 9. The molecule has 0 spiro atoms. The van der Waals surface area contributed by atoms with Gasteiger partial charge in [-0.05, 0) is 38.7 Å². The first kappa shape index (κ1) is 25.2. The Morgan fingerprint density at radius 3 is 2.35 bits per heavy atom. The van der Waals surface area contributed by atoms with Crippen LogP contribution in [0.2, 0.25) is 0 Å². The maximum absolute atomic E-state index is 15.2. The summed E-state index contributed by atoms with van der Waals surface area (Å²) in [4.78, 5) is 53.7. The molecule has 11 nitrogen and oxygen atoms in total. The highest BCUT2D eigenvalue weighted by Gasteiger charge is 2.42. The highest BCUT2D eigenvalue weighted by Crippen LogP contribution is 2.37. The summed E-state index contributed by atoms with van der Waals surface area (Å²) in [5.41, 5.74) is -1.47. The molecule has 0 radical (unpaired) electrons. The number of piperidine rings is 1. The lowest BCUT2D eigenvalue weighted by Gasteiger charge is -2.39. The Hall–Kier alpha value is -3.45. The van der Waals surface area contributed by atoms with E-state index in [9.17, 15) is 23.6 Å². The van der Waals surface area contributed by atoms with Gasteiger partial charge in [0.05, 0.1) is 19.3 Å². The SMILES string of the molecule is Cc1nc(=O)n(CC(F)CN2C3CCC2CC(OCc2ccccc2F)C3)c(=O)n1C1OC(=O)C(=O)O1. The molecule has 2 aromatic rings. The van der Waals surface area contributed by atoms with Gasteiger partial charge in [0.1, 0.15) is 17.8 Å². The van der Waals surface area contributed by atoms with Crippen LogP contribution < -0.4 is 11.4 Å². The fourth-order valence-electron chi connectivity index (χ4n) is 5.38. The van der Waals surface area contributed by atoms with Crippen molar-refractivity contribution in [3.63, 3.8) is 0 Å². The van der Waals surface area contributed by atoms with Gasteiger partial charge in [-0.25, -0.2) is 37.1 Å². The number of hydrogen-bond donors (Lipinski definition) is 0. The molecule has 2 bridgehead atoms. The van der Waals surface area contributed by atoms with Crippen LogP contribution in [0.1, 0.15) is 43.5 Å². The summed E-state index contributed by atoms with van der Waals surface area (Å²) in [6.45, 7) is 0.908. The number of aryl methyl sites for hydroxylation is 1. The predicted molar refractivity (Wildman–Crippen MR) is 121 cm³/mol. The lowest BCUT2D eigenvalue weighted by molar-refractivity contribution is -0.155. The van der Waals surface area contributed by atoms with Crippen LogP contribution >= 0.6 is 0 Å². The van der Waals surface area contributed by atoms with Crippen LogP contribution in [-0.2, 0) is 37.0 Å². The van der Waals surface area contributed by atoms with Crippen LogP contribution in [0.5, 0.6) is 0 Å². The van der Waals surface area contributed by atoms with E-state index in [0.717, 1.165) is 17.4 Å². The van der Waals surface area contributed by atoms with Crippen LogP contribution in [0.25, 0.3) is 0 Å². The van der Waals surface area contributed by atoms with E-state index < -0.39 is 42.4 Å². The molecular weight excluding hydrogens is 494 g/mol. The van der Waals surface area contributed by atoms with E-state index in [1.165, 1.54) is 13.0 Å². The lowest BCUT2D eigenvalue weighted by Crippen LogP contribution is -2.50. The van der Waals surface area contributed by atoms with E-state index in [1.54, 1.807) is 18.2 Å².